The summed E-state index contributed by atoms with van der Waals surface area (Å²) in [5.41, 5.74) is 7.80. The Bertz CT molecular complexity index is 471. The first kappa shape index (κ1) is 12.8. The number of nitro benzene ring substituents is 1. The molecule has 1 aliphatic heterocycles. The summed E-state index contributed by atoms with van der Waals surface area (Å²) in [7, 11) is 0. The van der Waals surface area contributed by atoms with Gasteiger partial charge in [0.05, 0.1) is 4.92 Å². The number of nitrogen functional groups attached to an aromatic ring is 1. The number of benzene rings is 1. The highest BCUT2D eigenvalue weighted by Gasteiger charge is 2.29. The summed E-state index contributed by atoms with van der Waals surface area (Å²) < 4.78 is 0. The second-order valence-electron chi connectivity index (χ2n) is 5.77. The van der Waals surface area contributed by atoms with Crippen LogP contribution in [-0.2, 0) is 6.54 Å². The molecule has 1 fully saturated rings. The van der Waals surface area contributed by atoms with Crippen molar-refractivity contribution in [1.82, 2.24) is 4.90 Å². The number of hydrogen-bond donors (Lipinski definition) is 1. The molecule has 1 aliphatic rings. The Balaban J connectivity index is 2.14. The van der Waals surface area contributed by atoms with Crippen LogP contribution in [0.5, 0.6) is 0 Å². The SMILES string of the molecule is CC1(C)CCN(Cc2cc([N+](=O)[O-])ccc2N)C1. The van der Waals surface area contributed by atoms with Crippen molar-refractivity contribution < 1.29 is 4.92 Å². The molecule has 5 nitrogen and oxygen atoms in total. The summed E-state index contributed by atoms with van der Waals surface area (Å²) in [6.07, 6.45) is 1.15. The monoisotopic (exact) mass is 249 g/mol. The average Bonchev–Trinajstić information content (AvgIpc) is 2.61. The third-order valence-electron chi connectivity index (χ3n) is 3.49. The summed E-state index contributed by atoms with van der Waals surface area (Å²) in [6, 6.07) is 4.65. The van der Waals surface area contributed by atoms with Gasteiger partial charge in [-0.25, -0.2) is 0 Å². The average molecular weight is 249 g/mol. The van der Waals surface area contributed by atoms with Gasteiger partial charge in [0.2, 0.25) is 0 Å². The molecule has 1 heterocycles. The molecule has 18 heavy (non-hydrogen) atoms. The second kappa shape index (κ2) is 4.57. The van der Waals surface area contributed by atoms with Crippen LogP contribution in [0.3, 0.4) is 0 Å². The minimum Gasteiger partial charge on any atom is -0.398 e. The lowest BCUT2D eigenvalue weighted by atomic mass is 9.93. The van der Waals surface area contributed by atoms with E-state index in [2.05, 4.69) is 18.7 Å². The molecule has 0 amide bonds. The van der Waals surface area contributed by atoms with Crippen molar-refractivity contribution in [2.75, 3.05) is 18.8 Å². The molecular formula is C13H19N3O2. The van der Waals surface area contributed by atoms with Crippen LogP contribution >= 0.6 is 0 Å². The van der Waals surface area contributed by atoms with Gasteiger partial charge in [-0.1, -0.05) is 13.8 Å². The van der Waals surface area contributed by atoms with E-state index in [9.17, 15) is 10.1 Å². The number of rotatable bonds is 3. The first-order chi connectivity index (χ1) is 8.37. The maximum Gasteiger partial charge on any atom is 0.269 e. The molecule has 98 valence electrons. The number of nitrogens with two attached hydrogens (primary N) is 1. The van der Waals surface area contributed by atoms with Crippen LogP contribution in [0.1, 0.15) is 25.8 Å². The summed E-state index contributed by atoms with van der Waals surface area (Å²) in [5.74, 6) is 0. The van der Waals surface area contributed by atoms with E-state index in [1.807, 2.05) is 0 Å². The number of nitrogens with zero attached hydrogens (tertiary/aromatic N) is 2. The summed E-state index contributed by atoms with van der Waals surface area (Å²) in [6.45, 7) is 7.20. The molecule has 0 saturated carbocycles. The lowest BCUT2D eigenvalue weighted by Crippen LogP contribution is -2.23. The maximum atomic E-state index is 10.8. The predicted molar refractivity (Wildman–Crippen MR) is 71.2 cm³/mol. The van der Waals surface area contributed by atoms with Gasteiger partial charge in [-0.05, 0) is 30.0 Å². The molecule has 5 heteroatoms. The molecule has 0 aromatic heterocycles. The van der Waals surface area contributed by atoms with Crippen LogP contribution in [0.15, 0.2) is 18.2 Å². The summed E-state index contributed by atoms with van der Waals surface area (Å²) in [4.78, 5) is 12.7. The van der Waals surface area contributed by atoms with Gasteiger partial charge in [0.25, 0.3) is 5.69 Å². The van der Waals surface area contributed by atoms with Crippen LogP contribution in [-0.4, -0.2) is 22.9 Å². The van der Waals surface area contributed by atoms with Crippen LogP contribution in [0.25, 0.3) is 0 Å². The molecule has 1 aromatic rings. The quantitative estimate of drug-likeness (QED) is 0.507. The minimum atomic E-state index is -0.378. The first-order valence-electron chi connectivity index (χ1n) is 6.12. The highest BCUT2D eigenvalue weighted by molar-refractivity contribution is 5.52. The van der Waals surface area contributed by atoms with Crippen molar-refractivity contribution in [3.05, 3.63) is 33.9 Å². The topological polar surface area (TPSA) is 72.4 Å². The Hall–Kier alpha value is -1.62. The van der Waals surface area contributed by atoms with Crippen molar-refractivity contribution in [2.45, 2.75) is 26.8 Å². The fourth-order valence-corrected chi connectivity index (χ4v) is 2.44. The molecular weight excluding hydrogens is 230 g/mol. The van der Waals surface area contributed by atoms with Crippen LogP contribution in [0, 0.1) is 15.5 Å². The fraction of sp³-hybridized carbons (Fsp3) is 0.538. The van der Waals surface area contributed by atoms with E-state index in [1.54, 1.807) is 12.1 Å². The molecule has 0 radical (unpaired) electrons. The second-order valence-corrected chi connectivity index (χ2v) is 5.77. The number of non-ortho nitro benzene ring substituents is 1. The molecule has 0 unspecified atom stereocenters. The zero-order valence-corrected chi connectivity index (χ0v) is 10.8. The van der Waals surface area contributed by atoms with Crippen molar-refractivity contribution in [2.24, 2.45) is 5.41 Å². The Kier molecular flexibility index (Phi) is 3.26. The maximum absolute atomic E-state index is 10.8. The number of nitro groups is 1. The Morgan fingerprint density at radius 1 is 1.50 bits per heavy atom. The van der Waals surface area contributed by atoms with E-state index in [1.165, 1.54) is 6.07 Å². The summed E-state index contributed by atoms with van der Waals surface area (Å²) >= 11 is 0. The molecule has 1 saturated heterocycles. The smallest absolute Gasteiger partial charge is 0.269 e. The van der Waals surface area contributed by atoms with Gasteiger partial charge < -0.3 is 5.73 Å². The van der Waals surface area contributed by atoms with Gasteiger partial charge in [-0.15, -0.1) is 0 Å². The van der Waals surface area contributed by atoms with E-state index in [-0.39, 0.29) is 10.6 Å². The third-order valence-corrected chi connectivity index (χ3v) is 3.49. The fourth-order valence-electron chi connectivity index (χ4n) is 2.44. The van der Waals surface area contributed by atoms with Gasteiger partial charge >= 0.3 is 0 Å². The molecule has 0 atom stereocenters. The van der Waals surface area contributed by atoms with Crippen molar-refractivity contribution in [3.63, 3.8) is 0 Å². The number of anilines is 1. The van der Waals surface area contributed by atoms with E-state index in [0.29, 0.717) is 17.6 Å². The zero-order chi connectivity index (χ0) is 13.3. The minimum absolute atomic E-state index is 0.109. The van der Waals surface area contributed by atoms with Gasteiger partial charge in [-0.2, -0.15) is 0 Å². The van der Waals surface area contributed by atoms with Gasteiger partial charge in [-0.3, -0.25) is 15.0 Å². The lowest BCUT2D eigenvalue weighted by molar-refractivity contribution is -0.384. The Morgan fingerprint density at radius 2 is 2.22 bits per heavy atom. The van der Waals surface area contributed by atoms with Crippen molar-refractivity contribution >= 4 is 11.4 Å². The number of likely N-dealkylation sites (tertiary alicyclic amines) is 1. The highest BCUT2D eigenvalue weighted by Crippen LogP contribution is 2.31. The predicted octanol–water partition coefficient (Wildman–Crippen LogP) is 2.41. The molecule has 0 spiro atoms. The summed E-state index contributed by atoms with van der Waals surface area (Å²) in [5, 5.41) is 10.8. The lowest BCUT2D eigenvalue weighted by Gasteiger charge is -2.20. The van der Waals surface area contributed by atoms with Crippen LogP contribution in [0.4, 0.5) is 11.4 Å². The van der Waals surface area contributed by atoms with E-state index >= 15 is 0 Å². The normalized spacial score (nSPS) is 19.0. The van der Waals surface area contributed by atoms with Crippen molar-refractivity contribution in [1.29, 1.82) is 0 Å². The van der Waals surface area contributed by atoms with Gasteiger partial charge in [0.15, 0.2) is 0 Å². The third kappa shape index (κ3) is 2.79. The van der Waals surface area contributed by atoms with E-state index in [4.69, 9.17) is 5.73 Å². The molecule has 2 rings (SSSR count). The first-order valence-corrected chi connectivity index (χ1v) is 6.12. The molecule has 0 aliphatic carbocycles. The molecule has 1 aromatic carbocycles. The number of hydrogen-bond acceptors (Lipinski definition) is 4. The molecule has 0 bridgehead atoms. The zero-order valence-electron chi connectivity index (χ0n) is 10.8. The van der Waals surface area contributed by atoms with Crippen LogP contribution < -0.4 is 5.73 Å². The molecule has 2 N–H and O–H groups in total. The highest BCUT2D eigenvalue weighted by atomic mass is 16.6. The largest absolute Gasteiger partial charge is 0.398 e. The van der Waals surface area contributed by atoms with Gasteiger partial charge in [0.1, 0.15) is 0 Å². The van der Waals surface area contributed by atoms with E-state index in [0.717, 1.165) is 25.1 Å². The van der Waals surface area contributed by atoms with E-state index < -0.39 is 0 Å². The standard InChI is InChI=1S/C13H19N3O2/c1-13(2)5-6-15(9-13)8-10-7-11(16(17)18)3-4-12(10)14/h3-4,7H,5-6,8-9,14H2,1-2H3. The Morgan fingerprint density at radius 3 is 2.78 bits per heavy atom. The Labute approximate surface area is 107 Å². The van der Waals surface area contributed by atoms with Crippen LogP contribution in [0.2, 0.25) is 0 Å². The van der Waals surface area contributed by atoms with Gasteiger partial charge in [0, 0.05) is 30.9 Å². The van der Waals surface area contributed by atoms with Crippen molar-refractivity contribution in [3.8, 4) is 0 Å².